The lowest BCUT2D eigenvalue weighted by molar-refractivity contribution is 0.283. The van der Waals surface area contributed by atoms with Crippen molar-refractivity contribution in [3.63, 3.8) is 0 Å². The van der Waals surface area contributed by atoms with Gasteiger partial charge in [-0.1, -0.05) is 26.2 Å². The topological polar surface area (TPSA) is 44.3 Å². The number of aliphatic hydroxyl groups is 1. The molecule has 80 valence electrons. The summed E-state index contributed by atoms with van der Waals surface area (Å²) in [4.78, 5) is 0. The molecule has 0 saturated carbocycles. The van der Waals surface area contributed by atoms with Crippen LogP contribution in [0.4, 0.5) is 0 Å². The quantitative estimate of drug-likeness (QED) is 0.570. The highest BCUT2D eigenvalue weighted by molar-refractivity contribution is 4.59. The minimum absolute atomic E-state index is 0.361. The molecule has 0 spiro atoms. The number of hydrogen-bond donors (Lipinski definition) is 3. The van der Waals surface area contributed by atoms with Gasteiger partial charge < -0.3 is 15.7 Å². The second-order valence-electron chi connectivity index (χ2n) is 3.28. The van der Waals surface area contributed by atoms with Gasteiger partial charge in [0.15, 0.2) is 0 Å². The van der Waals surface area contributed by atoms with E-state index in [-0.39, 0.29) is 0 Å². The average molecular weight is 188 g/mol. The van der Waals surface area contributed by atoms with E-state index in [0.717, 1.165) is 32.6 Å². The van der Waals surface area contributed by atoms with Gasteiger partial charge in [0.25, 0.3) is 0 Å². The molecule has 1 rings (SSSR count). The maximum atomic E-state index is 8.29. The van der Waals surface area contributed by atoms with E-state index in [2.05, 4.69) is 17.6 Å². The first kappa shape index (κ1) is 12.9. The Hall–Kier alpha value is -0.120. The maximum Gasteiger partial charge on any atom is 0.0431 e. The number of unbranched alkanes of at least 4 members (excludes halogenated alkanes) is 3. The predicted molar refractivity (Wildman–Crippen MR) is 57.0 cm³/mol. The summed E-state index contributed by atoms with van der Waals surface area (Å²) in [5, 5.41) is 14.7. The van der Waals surface area contributed by atoms with Gasteiger partial charge in [0.05, 0.1) is 0 Å². The van der Waals surface area contributed by atoms with Crippen molar-refractivity contribution in [1.82, 2.24) is 10.6 Å². The zero-order valence-electron chi connectivity index (χ0n) is 8.81. The predicted octanol–water partition coefficient (Wildman–Crippen LogP) is 0.738. The summed E-state index contributed by atoms with van der Waals surface area (Å²) in [5.41, 5.74) is 0. The molecule has 1 heterocycles. The molecule has 0 amide bonds. The number of rotatable bonds is 4. The highest BCUT2D eigenvalue weighted by atomic mass is 16.2. The second-order valence-corrected chi connectivity index (χ2v) is 3.28. The van der Waals surface area contributed by atoms with Gasteiger partial charge in [0, 0.05) is 32.8 Å². The van der Waals surface area contributed by atoms with E-state index in [1.165, 1.54) is 19.3 Å². The molecule has 1 aliphatic heterocycles. The van der Waals surface area contributed by atoms with Crippen molar-refractivity contribution < 1.29 is 5.11 Å². The Kier molecular flexibility index (Phi) is 11.8. The van der Waals surface area contributed by atoms with E-state index < -0.39 is 0 Å². The SMILES string of the molecule is C1CNCCN1.CCCCCCO. The zero-order chi connectivity index (χ0) is 9.78. The average Bonchev–Trinajstić information content (AvgIpc) is 2.22. The number of aliphatic hydroxyl groups excluding tert-OH is 1. The minimum atomic E-state index is 0.361. The highest BCUT2D eigenvalue weighted by Crippen LogP contribution is 1.96. The molecule has 0 aliphatic carbocycles. The van der Waals surface area contributed by atoms with Crippen LogP contribution in [-0.2, 0) is 0 Å². The molecular weight excluding hydrogens is 164 g/mol. The Morgan fingerprint density at radius 2 is 1.46 bits per heavy atom. The zero-order valence-corrected chi connectivity index (χ0v) is 8.81. The Labute approximate surface area is 81.9 Å². The van der Waals surface area contributed by atoms with E-state index in [4.69, 9.17) is 5.11 Å². The molecule has 1 aliphatic rings. The third kappa shape index (κ3) is 11.9. The van der Waals surface area contributed by atoms with Crippen LogP contribution < -0.4 is 10.6 Å². The molecule has 0 aromatic rings. The summed E-state index contributed by atoms with van der Waals surface area (Å²) in [6.45, 7) is 7.08. The molecule has 1 saturated heterocycles. The van der Waals surface area contributed by atoms with Gasteiger partial charge in [-0.2, -0.15) is 0 Å². The van der Waals surface area contributed by atoms with Crippen LogP contribution in [-0.4, -0.2) is 37.9 Å². The molecule has 0 atom stereocenters. The van der Waals surface area contributed by atoms with Crippen molar-refractivity contribution in [2.75, 3.05) is 32.8 Å². The molecule has 0 aromatic carbocycles. The fourth-order valence-corrected chi connectivity index (χ4v) is 1.14. The van der Waals surface area contributed by atoms with Gasteiger partial charge in [-0.25, -0.2) is 0 Å². The van der Waals surface area contributed by atoms with Gasteiger partial charge in [0.1, 0.15) is 0 Å². The van der Waals surface area contributed by atoms with Gasteiger partial charge in [0.2, 0.25) is 0 Å². The third-order valence-electron chi connectivity index (χ3n) is 1.97. The van der Waals surface area contributed by atoms with Gasteiger partial charge >= 0.3 is 0 Å². The fraction of sp³-hybridized carbons (Fsp3) is 1.00. The van der Waals surface area contributed by atoms with Crippen molar-refractivity contribution in [2.24, 2.45) is 0 Å². The van der Waals surface area contributed by atoms with Crippen LogP contribution in [0, 0.1) is 0 Å². The summed E-state index contributed by atoms with van der Waals surface area (Å²) >= 11 is 0. The molecule has 1 fully saturated rings. The number of nitrogens with one attached hydrogen (secondary N) is 2. The highest BCUT2D eigenvalue weighted by Gasteiger charge is 1.91. The molecule has 0 radical (unpaired) electrons. The summed E-state index contributed by atoms with van der Waals surface area (Å²) in [5.74, 6) is 0. The molecule has 0 bridgehead atoms. The standard InChI is InChI=1S/C6H14O.C4H10N2/c1-2-3-4-5-6-7;1-2-6-4-3-5-1/h7H,2-6H2,1H3;5-6H,1-4H2. The second kappa shape index (κ2) is 11.9. The molecule has 0 aromatic heterocycles. The molecule has 0 unspecified atom stereocenters. The Bertz CT molecular complexity index is 69.5. The Morgan fingerprint density at radius 1 is 0.923 bits per heavy atom. The largest absolute Gasteiger partial charge is 0.396 e. The van der Waals surface area contributed by atoms with E-state index in [1.807, 2.05) is 0 Å². The fourth-order valence-electron chi connectivity index (χ4n) is 1.14. The molecule has 13 heavy (non-hydrogen) atoms. The molecule has 3 N–H and O–H groups in total. The normalized spacial score (nSPS) is 16.2. The molecule has 3 heteroatoms. The number of hydrogen-bond acceptors (Lipinski definition) is 3. The maximum absolute atomic E-state index is 8.29. The number of piperazine rings is 1. The van der Waals surface area contributed by atoms with Crippen LogP contribution in [0.25, 0.3) is 0 Å². The van der Waals surface area contributed by atoms with Crippen LogP contribution >= 0.6 is 0 Å². The van der Waals surface area contributed by atoms with E-state index in [1.54, 1.807) is 0 Å². The third-order valence-corrected chi connectivity index (χ3v) is 1.97. The lowest BCUT2D eigenvalue weighted by atomic mass is 10.2. The van der Waals surface area contributed by atoms with E-state index in [9.17, 15) is 0 Å². The van der Waals surface area contributed by atoms with E-state index >= 15 is 0 Å². The van der Waals surface area contributed by atoms with Crippen molar-refractivity contribution in [3.05, 3.63) is 0 Å². The van der Waals surface area contributed by atoms with Crippen LogP contribution in [0.2, 0.25) is 0 Å². The van der Waals surface area contributed by atoms with Crippen LogP contribution in [0.1, 0.15) is 32.6 Å². The van der Waals surface area contributed by atoms with Gasteiger partial charge in [-0.3, -0.25) is 0 Å². The summed E-state index contributed by atoms with van der Waals surface area (Å²) in [6.07, 6.45) is 4.68. The molecular formula is C10H24N2O. The van der Waals surface area contributed by atoms with Crippen LogP contribution in [0.3, 0.4) is 0 Å². The lowest BCUT2D eigenvalue weighted by Crippen LogP contribution is -2.39. The van der Waals surface area contributed by atoms with Crippen molar-refractivity contribution in [3.8, 4) is 0 Å². The van der Waals surface area contributed by atoms with Gasteiger partial charge in [-0.05, 0) is 6.42 Å². The Morgan fingerprint density at radius 3 is 1.77 bits per heavy atom. The smallest absolute Gasteiger partial charge is 0.0431 e. The van der Waals surface area contributed by atoms with E-state index in [0.29, 0.717) is 6.61 Å². The first-order valence-corrected chi connectivity index (χ1v) is 5.44. The van der Waals surface area contributed by atoms with Crippen molar-refractivity contribution in [2.45, 2.75) is 32.6 Å². The van der Waals surface area contributed by atoms with Crippen molar-refractivity contribution >= 4 is 0 Å². The molecule has 3 nitrogen and oxygen atoms in total. The monoisotopic (exact) mass is 188 g/mol. The lowest BCUT2D eigenvalue weighted by Gasteiger charge is -2.11. The van der Waals surface area contributed by atoms with Crippen molar-refractivity contribution in [1.29, 1.82) is 0 Å². The first-order chi connectivity index (χ1) is 6.41. The summed E-state index contributed by atoms with van der Waals surface area (Å²) in [6, 6.07) is 0. The van der Waals surface area contributed by atoms with Gasteiger partial charge in [-0.15, -0.1) is 0 Å². The summed E-state index contributed by atoms with van der Waals surface area (Å²) < 4.78 is 0. The first-order valence-electron chi connectivity index (χ1n) is 5.44. The summed E-state index contributed by atoms with van der Waals surface area (Å²) in [7, 11) is 0. The Balaban J connectivity index is 0.000000223. The van der Waals surface area contributed by atoms with Crippen LogP contribution in [0.15, 0.2) is 0 Å². The minimum Gasteiger partial charge on any atom is -0.396 e. The van der Waals surface area contributed by atoms with Crippen LogP contribution in [0.5, 0.6) is 0 Å².